The molecular weight excluding hydrogens is 583 g/mol. The van der Waals surface area contributed by atoms with Gasteiger partial charge in [0.15, 0.2) is 0 Å². The number of anilines is 1. The molecular formula is C30H30Cl2N4O4S. The molecule has 1 aliphatic rings. The molecule has 0 atom stereocenters. The van der Waals surface area contributed by atoms with Gasteiger partial charge >= 0.3 is 0 Å². The van der Waals surface area contributed by atoms with Crippen molar-refractivity contribution < 1.29 is 13.2 Å². The molecule has 0 unspecified atom stereocenters. The van der Waals surface area contributed by atoms with Crippen LogP contribution in [0.15, 0.2) is 70.4 Å². The van der Waals surface area contributed by atoms with Gasteiger partial charge in [-0.15, -0.1) is 0 Å². The van der Waals surface area contributed by atoms with Crippen LogP contribution in [0.1, 0.15) is 46.6 Å². The summed E-state index contributed by atoms with van der Waals surface area (Å²) >= 11 is 12.8. The number of nitrogens with zero attached hydrogens (tertiary/aromatic N) is 3. The molecule has 1 amide bonds. The Balaban J connectivity index is 1.53. The first-order chi connectivity index (χ1) is 19.2. The van der Waals surface area contributed by atoms with E-state index >= 15 is 0 Å². The van der Waals surface area contributed by atoms with E-state index < -0.39 is 26.0 Å². The minimum atomic E-state index is -4.43. The second-order valence-corrected chi connectivity index (χ2v) is 13.3. The summed E-state index contributed by atoms with van der Waals surface area (Å²) in [5.74, 6) is -0.375. The second-order valence-electron chi connectivity index (χ2n) is 10.9. The summed E-state index contributed by atoms with van der Waals surface area (Å²) in [5.41, 5.74) is 3.23. The van der Waals surface area contributed by atoms with Crippen molar-refractivity contribution in [1.82, 2.24) is 14.3 Å². The van der Waals surface area contributed by atoms with E-state index in [9.17, 15) is 18.0 Å². The highest BCUT2D eigenvalue weighted by atomic mass is 35.5. The van der Waals surface area contributed by atoms with Crippen molar-refractivity contribution in [3.05, 3.63) is 109 Å². The minimum absolute atomic E-state index is 0.0791. The maximum Gasteiger partial charge on any atom is 0.296 e. The van der Waals surface area contributed by atoms with E-state index in [0.717, 1.165) is 5.56 Å². The van der Waals surface area contributed by atoms with Gasteiger partial charge < -0.3 is 4.90 Å². The largest absolute Gasteiger partial charge is 0.329 e. The van der Waals surface area contributed by atoms with Crippen LogP contribution in [0.4, 0.5) is 5.69 Å². The minimum Gasteiger partial charge on any atom is -0.329 e. The first-order valence-electron chi connectivity index (χ1n) is 13.0. The van der Waals surface area contributed by atoms with Gasteiger partial charge in [0.05, 0.1) is 21.4 Å². The van der Waals surface area contributed by atoms with Gasteiger partial charge in [-0.2, -0.15) is 0 Å². The number of para-hydroxylation sites is 1. The number of amides is 1. The number of rotatable bonds is 5. The summed E-state index contributed by atoms with van der Waals surface area (Å²) in [6.45, 7) is 8.01. The van der Waals surface area contributed by atoms with Crippen LogP contribution in [0.3, 0.4) is 0 Å². The molecule has 4 aromatic rings. The van der Waals surface area contributed by atoms with E-state index in [-0.39, 0.29) is 27.2 Å². The zero-order valence-electron chi connectivity index (χ0n) is 23.3. The van der Waals surface area contributed by atoms with Crippen molar-refractivity contribution in [2.24, 2.45) is 7.05 Å². The fourth-order valence-electron chi connectivity index (χ4n) is 5.34. The van der Waals surface area contributed by atoms with Crippen LogP contribution in [0.2, 0.25) is 10.0 Å². The Morgan fingerprint density at radius 3 is 2.37 bits per heavy atom. The molecule has 1 aromatic heterocycles. The number of hydrogen-bond donors (Lipinski definition) is 1. The quantitative estimate of drug-likeness (QED) is 0.305. The first kappa shape index (κ1) is 29.0. The topological polar surface area (TPSA) is 93.4 Å². The van der Waals surface area contributed by atoms with E-state index in [1.54, 1.807) is 47.8 Å². The molecule has 0 fully saturated rings. The number of nitrogens with one attached hydrogen (secondary N) is 1. The van der Waals surface area contributed by atoms with E-state index in [4.69, 9.17) is 23.2 Å². The number of benzene rings is 3. The van der Waals surface area contributed by atoms with Gasteiger partial charge in [0, 0.05) is 24.7 Å². The Hall–Kier alpha value is -3.53. The molecule has 0 saturated carbocycles. The predicted octanol–water partition coefficient (Wildman–Crippen LogP) is 5.88. The number of aryl methyl sites for hydroxylation is 1. The molecule has 41 heavy (non-hydrogen) atoms. The molecule has 5 rings (SSSR count). The number of carbonyl (C=O) groups is 1. The van der Waals surface area contributed by atoms with E-state index in [1.807, 2.05) is 32.0 Å². The average molecular weight is 614 g/mol. The SMILES string of the molecule is Cc1cccc2c1CC(C)(C)N(C(=O)c1cc(Cl)c(Cl)c(S(=O)(=O)Nc3c(C)n(C)n(-c4ccccc4)c3=O)c1)C2. The third kappa shape index (κ3) is 5.07. The van der Waals surface area contributed by atoms with Crippen LogP contribution < -0.4 is 10.3 Å². The maximum absolute atomic E-state index is 13.9. The van der Waals surface area contributed by atoms with Gasteiger partial charge in [-0.05, 0) is 75.1 Å². The highest BCUT2D eigenvalue weighted by Crippen LogP contribution is 2.36. The Labute approximate surface area is 249 Å². The van der Waals surface area contributed by atoms with Crippen molar-refractivity contribution >= 4 is 44.8 Å². The van der Waals surface area contributed by atoms with Crippen LogP contribution in [-0.4, -0.2) is 34.1 Å². The molecule has 8 nitrogen and oxygen atoms in total. The number of carbonyl (C=O) groups excluding carboxylic acids is 1. The number of sulfonamides is 1. The Morgan fingerprint density at radius 2 is 1.68 bits per heavy atom. The van der Waals surface area contributed by atoms with Gasteiger partial charge in [0.25, 0.3) is 21.5 Å². The lowest BCUT2D eigenvalue weighted by molar-refractivity contribution is 0.0487. The van der Waals surface area contributed by atoms with E-state index in [0.29, 0.717) is 24.3 Å². The highest BCUT2D eigenvalue weighted by Gasteiger charge is 2.38. The number of halogens is 2. The van der Waals surface area contributed by atoms with Crippen LogP contribution in [-0.2, 0) is 30.0 Å². The average Bonchev–Trinajstić information content (AvgIpc) is 3.12. The lowest BCUT2D eigenvalue weighted by Crippen LogP contribution is -2.51. The molecule has 0 spiro atoms. The lowest BCUT2D eigenvalue weighted by Gasteiger charge is -2.44. The molecule has 214 valence electrons. The Kier molecular flexibility index (Phi) is 7.34. The van der Waals surface area contributed by atoms with Crippen LogP contribution in [0.5, 0.6) is 0 Å². The van der Waals surface area contributed by atoms with Crippen LogP contribution in [0, 0.1) is 13.8 Å². The molecule has 0 saturated heterocycles. The van der Waals surface area contributed by atoms with Crippen molar-refractivity contribution in [2.45, 2.75) is 51.1 Å². The van der Waals surface area contributed by atoms with Crippen molar-refractivity contribution in [3.8, 4) is 5.69 Å². The van der Waals surface area contributed by atoms with Crippen molar-refractivity contribution in [1.29, 1.82) is 0 Å². The summed E-state index contributed by atoms with van der Waals surface area (Å²) in [6, 6.07) is 17.5. The van der Waals surface area contributed by atoms with Gasteiger partial charge in [-0.1, -0.05) is 59.6 Å². The molecule has 2 heterocycles. The van der Waals surface area contributed by atoms with E-state index in [1.165, 1.54) is 27.9 Å². The first-order valence-corrected chi connectivity index (χ1v) is 15.2. The van der Waals surface area contributed by atoms with Gasteiger partial charge in [0.1, 0.15) is 10.6 Å². The summed E-state index contributed by atoms with van der Waals surface area (Å²) < 4.78 is 32.7. The predicted molar refractivity (Wildman–Crippen MR) is 162 cm³/mol. The fraction of sp³-hybridized carbons (Fsp3) is 0.267. The molecule has 1 aliphatic heterocycles. The Morgan fingerprint density at radius 1 is 1.00 bits per heavy atom. The zero-order valence-corrected chi connectivity index (χ0v) is 25.7. The van der Waals surface area contributed by atoms with Crippen LogP contribution >= 0.6 is 23.2 Å². The molecule has 0 aliphatic carbocycles. The monoisotopic (exact) mass is 612 g/mol. The fourth-order valence-corrected chi connectivity index (χ4v) is 7.27. The Bertz CT molecular complexity index is 1860. The van der Waals surface area contributed by atoms with Gasteiger partial charge in [-0.25, -0.2) is 13.1 Å². The molecule has 0 radical (unpaired) electrons. The third-order valence-electron chi connectivity index (χ3n) is 7.74. The highest BCUT2D eigenvalue weighted by molar-refractivity contribution is 7.92. The smallest absolute Gasteiger partial charge is 0.296 e. The van der Waals surface area contributed by atoms with Crippen molar-refractivity contribution in [2.75, 3.05) is 4.72 Å². The summed E-state index contributed by atoms with van der Waals surface area (Å²) in [7, 11) is -2.77. The molecule has 11 heteroatoms. The molecule has 1 N–H and O–H groups in total. The normalized spacial score (nSPS) is 14.6. The number of fused-ring (bicyclic) bond motifs is 1. The number of aromatic nitrogens is 2. The number of hydrogen-bond acceptors (Lipinski definition) is 4. The van der Waals surface area contributed by atoms with Crippen LogP contribution in [0.25, 0.3) is 5.69 Å². The summed E-state index contributed by atoms with van der Waals surface area (Å²) in [6.07, 6.45) is 0.649. The summed E-state index contributed by atoms with van der Waals surface area (Å²) in [5, 5.41) is -0.331. The maximum atomic E-state index is 13.9. The van der Waals surface area contributed by atoms with Gasteiger partial charge in [0.2, 0.25) is 0 Å². The van der Waals surface area contributed by atoms with E-state index in [2.05, 4.69) is 17.7 Å². The zero-order chi connectivity index (χ0) is 29.9. The standard InChI is InChI=1S/C30H30Cl2N4O4S/c1-18-10-9-11-20-17-35(30(3,4)16-23(18)20)28(37)21-14-24(31)26(32)25(15-21)41(39,40)33-27-19(2)34(5)36(29(27)38)22-12-7-6-8-13-22/h6-15,33H,16-17H2,1-5H3. The van der Waals surface area contributed by atoms with Gasteiger partial charge in [-0.3, -0.25) is 19.0 Å². The second kappa shape index (κ2) is 10.4. The summed E-state index contributed by atoms with van der Waals surface area (Å²) in [4.78, 5) is 28.5. The molecule has 0 bridgehead atoms. The third-order valence-corrected chi connectivity index (χ3v) is 10.0. The lowest BCUT2D eigenvalue weighted by atomic mass is 9.83. The van der Waals surface area contributed by atoms with Crippen molar-refractivity contribution in [3.63, 3.8) is 0 Å². The molecule has 3 aromatic carbocycles.